The van der Waals surface area contributed by atoms with Gasteiger partial charge < -0.3 is 9.68 Å². The average molecular weight is 302 g/mol. The molecule has 0 saturated heterocycles. The minimum atomic E-state index is -0.655. The lowest BCUT2D eigenvalue weighted by atomic mass is 10.3. The molecule has 0 saturated carbocycles. The smallest absolute Gasteiger partial charge is 0.332 e. The summed E-state index contributed by atoms with van der Waals surface area (Å²) in [7, 11) is 0. The van der Waals surface area contributed by atoms with Crippen LogP contribution in [0.25, 0.3) is 0 Å². The lowest BCUT2D eigenvalue weighted by Crippen LogP contribution is -2.22. The molecule has 0 aromatic rings. The fourth-order valence-corrected chi connectivity index (χ4v) is 1.80. The average Bonchev–Trinajstić information content (AvgIpc) is 2.50. The van der Waals surface area contributed by atoms with E-state index in [-0.39, 0.29) is 0 Å². The molecule has 2 heterocycles. The molecule has 0 aromatic heterocycles. The van der Waals surface area contributed by atoms with Gasteiger partial charge in [0.25, 0.3) is 0 Å². The number of allylic oxidation sites excluding steroid dienone is 6. The number of hydrogen-bond donors (Lipinski definition) is 0. The Morgan fingerprint density at radius 2 is 1.32 bits per heavy atom. The minimum absolute atomic E-state index is 0.655. The van der Waals surface area contributed by atoms with Crippen LogP contribution in [-0.2, 0) is 19.3 Å². The van der Waals surface area contributed by atoms with Crippen LogP contribution in [0, 0.1) is 0 Å². The zero-order valence-corrected chi connectivity index (χ0v) is 12.6. The first-order chi connectivity index (χ1) is 10.6. The highest BCUT2D eigenvalue weighted by Crippen LogP contribution is 2.13. The van der Waals surface area contributed by atoms with E-state index in [1.54, 1.807) is 12.4 Å². The molecule has 0 radical (unpaired) electrons. The van der Waals surface area contributed by atoms with Crippen LogP contribution in [0.4, 0.5) is 0 Å². The zero-order chi connectivity index (χ0) is 15.9. The number of hydrogen-bond acceptors (Lipinski definition) is 6. The van der Waals surface area contributed by atoms with E-state index in [1.807, 2.05) is 38.2 Å². The lowest BCUT2D eigenvalue weighted by Gasteiger charge is -2.21. The molecular weight excluding hydrogens is 284 g/mol. The summed E-state index contributed by atoms with van der Waals surface area (Å²) in [6.07, 6.45) is 14.5. The summed E-state index contributed by atoms with van der Waals surface area (Å²) in [6.45, 7) is 3.65. The highest BCUT2D eigenvalue weighted by atomic mass is 16.7. The van der Waals surface area contributed by atoms with Crippen molar-refractivity contribution in [2.24, 2.45) is 0 Å². The minimum Gasteiger partial charge on any atom is -0.332 e. The highest BCUT2D eigenvalue weighted by Gasteiger charge is 2.12. The van der Waals surface area contributed by atoms with Crippen LogP contribution in [0.15, 0.2) is 60.3 Å². The van der Waals surface area contributed by atoms with Gasteiger partial charge in [-0.1, -0.05) is 24.3 Å². The molecule has 0 amide bonds. The van der Waals surface area contributed by atoms with E-state index in [2.05, 4.69) is 0 Å². The van der Waals surface area contributed by atoms with Crippen molar-refractivity contribution in [2.45, 2.75) is 26.7 Å². The van der Waals surface area contributed by atoms with Crippen molar-refractivity contribution in [2.75, 3.05) is 0 Å². The van der Waals surface area contributed by atoms with Crippen LogP contribution in [0.1, 0.15) is 26.7 Å². The monoisotopic (exact) mass is 302 g/mol. The third-order valence-electron chi connectivity index (χ3n) is 3.01. The van der Waals surface area contributed by atoms with E-state index in [0.717, 1.165) is 36.4 Å². The van der Waals surface area contributed by atoms with Crippen LogP contribution >= 0.6 is 0 Å². The first kappa shape index (κ1) is 15.6. The zero-order valence-electron chi connectivity index (χ0n) is 12.6. The molecule has 0 aromatic carbocycles. The van der Waals surface area contributed by atoms with Gasteiger partial charge in [0.15, 0.2) is 0 Å². The lowest BCUT2D eigenvalue weighted by molar-refractivity contribution is -0.168. The van der Waals surface area contributed by atoms with Gasteiger partial charge in [0.05, 0.1) is 11.4 Å². The van der Waals surface area contributed by atoms with Gasteiger partial charge in [0.1, 0.15) is 0 Å². The van der Waals surface area contributed by atoms with Gasteiger partial charge in [0, 0.05) is 24.6 Å². The number of carbonyl (C=O) groups is 2. The molecule has 6 nitrogen and oxygen atoms in total. The Labute approximate surface area is 129 Å². The molecule has 2 aliphatic rings. The molecule has 0 spiro atoms. The van der Waals surface area contributed by atoms with Crippen molar-refractivity contribution < 1.29 is 19.3 Å². The normalized spacial score (nSPS) is 17.4. The van der Waals surface area contributed by atoms with Gasteiger partial charge in [-0.25, -0.2) is 9.59 Å². The van der Waals surface area contributed by atoms with Gasteiger partial charge in [-0.2, -0.15) is 10.1 Å². The summed E-state index contributed by atoms with van der Waals surface area (Å²) >= 11 is 0. The van der Waals surface area contributed by atoms with E-state index in [9.17, 15) is 9.59 Å². The summed E-state index contributed by atoms with van der Waals surface area (Å²) in [5.74, 6) is -1.31. The highest BCUT2D eigenvalue weighted by molar-refractivity contribution is 5.91. The Kier molecular flexibility index (Phi) is 5.19. The topological polar surface area (TPSA) is 59.1 Å². The predicted molar refractivity (Wildman–Crippen MR) is 80.0 cm³/mol. The molecule has 0 fully saturated rings. The molecule has 22 heavy (non-hydrogen) atoms. The van der Waals surface area contributed by atoms with Crippen molar-refractivity contribution in [3.8, 4) is 0 Å². The van der Waals surface area contributed by atoms with E-state index in [1.165, 1.54) is 10.1 Å². The van der Waals surface area contributed by atoms with Gasteiger partial charge in [0.2, 0.25) is 0 Å². The van der Waals surface area contributed by atoms with Gasteiger partial charge in [-0.3, -0.25) is 0 Å². The standard InChI is InChI=1S/C16H18N2O4/c1-13-7-3-5-11-17(13)21-15(19)9-10-16(20)22-18-12-6-4-8-14(18)2/h5-12H,3-4H2,1-2H3/b10-9+. The Hall–Kier alpha value is -2.76. The molecule has 0 unspecified atom stereocenters. The number of rotatable bonds is 4. The molecule has 0 bridgehead atoms. The second-order valence-electron chi connectivity index (χ2n) is 4.74. The van der Waals surface area contributed by atoms with Crippen LogP contribution < -0.4 is 0 Å². The predicted octanol–water partition coefficient (Wildman–Crippen LogP) is 2.71. The molecule has 116 valence electrons. The van der Waals surface area contributed by atoms with Gasteiger partial charge >= 0.3 is 11.9 Å². The van der Waals surface area contributed by atoms with Crippen molar-refractivity contribution >= 4 is 11.9 Å². The quantitative estimate of drug-likeness (QED) is 0.744. The van der Waals surface area contributed by atoms with Crippen molar-refractivity contribution in [1.82, 2.24) is 10.1 Å². The van der Waals surface area contributed by atoms with Gasteiger partial charge in [-0.05, 0) is 26.7 Å². The summed E-state index contributed by atoms with van der Waals surface area (Å²) in [5.41, 5.74) is 1.62. The third-order valence-corrected chi connectivity index (χ3v) is 3.01. The summed E-state index contributed by atoms with van der Waals surface area (Å²) in [5, 5.41) is 2.70. The van der Waals surface area contributed by atoms with Crippen molar-refractivity contribution in [3.05, 3.63) is 60.3 Å². The maximum absolute atomic E-state index is 11.7. The molecule has 2 rings (SSSR count). The third kappa shape index (κ3) is 4.37. The van der Waals surface area contributed by atoms with Crippen molar-refractivity contribution in [3.63, 3.8) is 0 Å². The first-order valence-electron chi connectivity index (χ1n) is 6.93. The largest absolute Gasteiger partial charge is 0.356 e. The maximum Gasteiger partial charge on any atom is 0.356 e. The fraction of sp³-hybridized carbons (Fsp3) is 0.250. The Morgan fingerprint density at radius 3 is 1.68 bits per heavy atom. The Morgan fingerprint density at radius 1 is 0.909 bits per heavy atom. The van der Waals surface area contributed by atoms with Gasteiger partial charge in [-0.15, -0.1) is 0 Å². The Balaban J connectivity index is 1.83. The Bertz CT molecular complexity index is 547. The van der Waals surface area contributed by atoms with E-state index in [4.69, 9.17) is 9.68 Å². The molecule has 0 aliphatic carbocycles. The van der Waals surface area contributed by atoms with Crippen molar-refractivity contribution in [1.29, 1.82) is 0 Å². The van der Waals surface area contributed by atoms with Crippen LogP contribution in [0.5, 0.6) is 0 Å². The van der Waals surface area contributed by atoms with E-state index in [0.29, 0.717) is 0 Å². The molecule has 0 N–H and O–H groups in total. The second kappa shape index (κ2) is 7.31. The summed E-state index contributed by atoms with van der Waals surface area (Å²) < 4.78 is 0. The van der Waals surface area contributed by atoms with E-state index < -0.39 is 11.9 Å². The maximum atomic E-state index is 11.7. The number of hydroxylamine groups is 4. The SMILES string of the molecule is CC1=CCC=CN1OC(=O)/C=C/C(=O)ON1C=CCC=C1C. The van der Waals surface area contributed by atoms with E-state index >= 15 is 0 Å². The molecule has 2 aliphatic heterocycles. The molecule has 6 heteroatoms. The molecular formula is C16H18N2O4. The van der Waals surface area contributed by atoms with Crippen LogP contribution in [-0.4, -0.2) is 22.1 Å². The summed E-state index contributed by atoms with van der Waals surface area (Å²) in [6, 6.07) is 0. The number of carbonyl (C=O) groups excluding carboxylic acids is 2. The second-order valence-corrected chi connectivity index (χ2v) is 4.74. The summed E-state index contributed by atoms with van der Waals surface area (Å²) in [4.78, 5) is 33.5. The molecule has 0 atom stereocenters. The first-order valence-corrected chi connectivity index (χ1v) is 6.93. The van der Waals surface area contributed by atoms with Crippen LogP contribution in [0.2, 0.25) is 0 Å². The number of nitrogens with zero attached hydrogens (tertiary/aromatic N) is 2. The fourth-order valence-electron chi connectivity index (χ4n) is 1.80. The van der Waals surface area contributed by atoms with Crippen LogP contribution in [0.3, 0.4) is 0 Å².